The summed E-state index contributed by atoms with van der Waals surface area (Å²) in [6, 6.07) is 28.1. The van der Waals surface area contributed by atoms with Gasteiger partial charge in [0.2, 0.25) is 5.91 Å². The fourth-order valence-electron chi connectivity index (χ4n) is 3.93. The Kier molecular flexibility index (Phi) is 6.69. The molecule has 1 N–H and O–H groups in total. The second kappa shape index (κ2) is 10.0. The molecule has 5 nitrogen and oxygen atoms in total. The van der Waals surface area contributed by atoms with Gasteiger partial charge in [-0.25, -0.2) is 0 Å². The molecule has 166 valence electrons. The number of carbonyl (C=O) groups is 2. The molecule has 0 spiro atoms. The lowest BCUT2D eigenvalue weighted by Crippen LogP contribution is -2.31. The van der Waals surface area contributed by atoms with Crippen molar-refractivity contribution in [1.29, 1.82) is 0 Å². The molecule has 0 bridgehead atoms. The minimum absolute atomic E-state index is 0.135. The van der Waals surface area contributed by atoms with Gasteiger partial charge in [-0.15, -0.1) is 0 Å². The van der Waals surface area contributed by atoms with E-state index in [1.807, 2.05) is 84.9 Å². The maximum Gasteiger partial charge on any atom is 0.308 e. The molecule has 4 rings (SSSR count). The number of benzene rings is 4. The molecular formula is C28H25NO4. The minimum Gasteiger partial charge on any atom is -0.497 e. The van der Waals surface area contributed by atoms with E-state index in [1.165, 1.54) is 6.92 Å². The molecule has 0 aliphatic heterocycles. The first-order valence-corrected chi connectivity index (χ1v) is 10.7. The highest BCUT2D eigenvalue weighted by Gasteiger charge is 2.24. The van der Waals surface area contributed by atoms with Crippen LogP contribution in [0.15, 0.2) is 91.0 Å². The Hall–Kier alpha value is -4.12. The number of carbonyl (C=O) groups excluding carboxylic acids is 2. The Labute approximate surface area is 193 Å². The number of amides is 1. The summed E-state index contributed by atoms with van der Waals surface area (Å²) in [5, 5.41) is 5.06. The van der Waals surface area contributed by atoms with Crippen molar-refractivity contribution in [3.63, 3.8) is 0 Å². The van der Waals surface area contributed by atoms with Crippen molar-refractivity contribution in [2.45, 2.75) is 19.4 Å². The summed E-state index contributed by atoms with van der Waals surface area (Å²) in [7, 11) is 1.61. The van der Waals surface area contributed by atoms with E-state index in [4.69, 9.17) is 9.47 Å². The smallest absolute Gasteiger partial charge is 0.308 e. The molecule has 0 saturated heterocycles. The maximum atomic E-state index is 13.1. The molecule has 0 fully saturated rings. The lowest BCUT2D eigenvalue weighted by molar-refractivity contribution is -0.131. The summed E-state index contributed by atoms with van der Waals surface area (Å²) in [6.07, 6.45) is 0.237. The molecular weight excluding hydrogens is 414 g/mol. The number of hydrogen-bond acceptors (Lipinski definition) is 4. The third kappa shape index (κ3) is 5.21. The van der Waals surface area contributed by atoms with E-state index in [9.17, 15) is 9.59 Å². The summed E-state index contributed by atoms with van der Waals surface area (Å²) in [4.78, 5) is 25.0. The van der Waals surface area contributed by atoms with Gasteiger partial charge in [0, 0.05) is 12.5 Å². The van der Waals surface area contributed by atoms with Crippen LogP contribution < -0.4 is 14.8 Å². The van der Waals surface area contributed by atoms with E-state index in [1.54, 1.807) is 13.2 Å². The van der Waals surface area contributed by atoms with Gasteiger partial charge < -0.3 is 14.8 Å². The van der Waals surface area contributed by atoms with Crippen LogP contribution in [0, 0.1) is 0 Å². The van der Waals surface area contributed by atoms with Crippen LogP contribution in [0.4, 0.5) is 0 Å². The largest absolute Gasteiger partial charge is 0.497 e. The predicted octanol–water partition coefficient (Wildman–Crippen LogP) is 5.22. The summed E-state index contributed by atoms with van der Waals surface area (Å²) in [5.74, 6) is 0.577. The van der Waals surface area contributed by atoms with Crippen LogP contribution in [-0.4, -0.2) is 19.0 Å². The number of hydrogen-bond donors (Lipinski definition) is 1. The number of nitrogens with one attached hydrogen (secondary N) is 1. The van der Waals surface area contributed by atoms with Crippen LogP contribution in [0.25, 0.3) is 10.8 Å². The molecule has 0 aliphatic carbocycles. The number of rotatable bonds is 7. The predicted molar refractivity (Wildman–Crippen MR) is 128 cm³/mol. The third-order valence-electron chi connectivity index (χ3n) is 5.44. The van der Waals surface area contributed by atoms with Crippen LogP contribution in [-0.2, 0) is 16.0 Å². The zero-order chi connectivity index (χ0) is 23.2. The average Bonchev–Trinajstić information content (AvgIpc) is 2.83. The molecule has 0 aromatic heterocycles. The molecule has 0 heterocycles. The molecule has 1 atom stereocenters. The van der Waals surface area contributed by atoms with Crippen molar-refractivity contribution >= 4 is 22.6 Å². The minimum atomic E-state index is -0.535. The Morgan fingerprint density at radius 3 is 2.24 bits per heavy atom. The van der Waals surface area contributed by atoms with Crippen molar-refractivity contribution in [2.24, 2.45) is 0 Å². The Balaban J connectivity index is 1.82. The molecule has 33 heavy (non-hydrogen) atoms. The summed E-state index contributed by atoms with van der Waals surface area (Å²) >= 11 is 0. The van der Waals surface area contributed by atoms with E-state index < -0.39 is 12.0 Å². The van der Waals surface area contributed by atoms with Crippen molar-refractivity contribution in [3.8, 4) is 11.5 Å². The van der Waals surface area contributed by atoms with Gasteiger partial charge in [-0.05, 0) is 40.1 Å². The lowest BCUT2D eigenvalue weighted by Gasteiger charge is -2.24. The van der Waals surface area contributed by atoms with Gasteiger partial charge in [0.05, 0.1) is 19.6 Å². The zero-order valence-corrected chi connectivity index (χ0v) is 18.6. The molecule has 4 aromatic rings. The number of methoxy groups -OCH3 is 1. The number of ether oxygens (including phenoxy) is 2. The molecule has 4 aromatic carbocycles. The van der Waals surface area contributed by atoms with Crippen LogP contribution >= 0.6 is 0 Å². The monoisotopic (exact) mass is 439 g/mol. The van der Waals surface area contributed by atoms with E-state index in [2.05, 4.69) is 5.32 Å². The second-order valence-electron chi connectivity index (χ2n) is 7.73. The number of fused-ring (bicyclic) bond motifs is 1. The van der Waals surface area contributed by atoms with Gasteiger partial charge in [-0.1, -0.05) is 72.8 Å². The highest BCUT2D eigenvalue weighted by atomic mass is 16.5. The van der Waals surface area contributed by atoms with E-state index in [0.29, 0.717) is 11.5 Å². The SMILES string of the molecule is COc1ccc(C(NC(=O)Cc2ccccc2)c2c(OC(C)=O)ccc3ccccc23)cc1. The van der Waals surface area contributed by atoms with Crippen molar-refractivity contribution < 1.29 is 19.1 Å². The quantitative estimate of drug-likeness (QED) is 0.317. The Morgan fingerprint density at radius 2 is 1.55 bits per heavy atom. The first-order valence-electron chi connectivity index (χ1n) is 10.7. The van der Waals surface area contributed by atoms with Crippen molar-refractivity contribution in [1.82, 2.24) is 5.32 Å². The highest BCUT2D eigenvalue weighted by Crippen LogP contribution is 2.37. The average molecular weight is 440 g/mol. The summed E-state index contributed by atoms with van der Waals surface area (Å²) in [5.41, 5.74) is 2.50. The highest BCUT2D eigenvalue weighted by molar-refractivity contribution is 5.90. The van der Waals surface area contributed by atoms with Gasteiger partial charge in [0.1, 0.15) is 11.5 Å². The second-order valence-corrected chi connectivity index (χ2v) is 7.73. The van der Waals surface area contributed by atoms with E-state index in [-0.39, 0.29) is 12.3 Å². The lowest BCUT2D eigenvalue weighted by atomic mass is 9.92. The Morgan fingerprint density at radius 1 is 0.848 bits per heavy atom. The molecule has 5 heteroatoms. The zero-order valence-electron chi connectivity index (χ0n) is 18.6. The van der Waals surface area contributed by atoms with Gasteiger partial charge in [-0.3, -0.25) is 9.59 Å². The summed E-state index contributed by atoms with van der Waals surface area (Å²) in [6.45, 7) is 1.37. The Bertz CT molecular complexity index is 1270. The van der Waals surface area contributed by atoms with Crippen molar-refractivity contribution in [2.75, 3.05) is 7.11 Å². The first-order chi connectivity index (χ1) is 16.0. The summed E-state index contributed by atoms with van der Waals surface area (Å²) < 4.78 is 10.9. The van der Waals surface area contributed by atoms with Crippen LogP contribution in [0.3, 0.4) is 0 Å². The van der Waals surface area contributed by atoms with Crippen molar-refractivity contribution in [3.05, 3.63) is 108 Å². The standard InChI is InChI=1S/C28H25NO4/c1-19(30)33-25-17-14-21-10-6-7-11-24(21)27(25)28(22-12-15-23(32-2)16-13-22)29-26(31)18-20-8-4-3-5-9-20/h3-17,28H,18H2,1-2H3,(H,29,31). The molecule has 1 unspecified atom stereocenters. The fourth-order valence-corrected chi connectivity index (χ4v) is 3.93. The molecule has 0 radical (unpaired) electrons. The molecule has 1 amide bonds. The molecule has 0 aliphatic rings. The molecule has 0 saturated carbocycles. The van der Waals surface area contributed by atoms with E-state index >= 15 is 0 Å². The van der Waals surface area contributed by atoms with Gasteiger partial charge in [0.15, 0.2) is 0 Å². The van der Waals surface area contributed by atoms with Gasteiger partial charge in [-0.2, -0.15) is 0 Å². The third-order valence-corrected chi connectivity index (χ3v) is 5.44. The maximum absolute atomic E-state index is 13.1. The van der Waals surface area contributed by atoms with Crippen LogP contribution in [0.5, 0.6) is 11.5 Å². The van der Waals surface area contributed by atoms with Crippen LogP contribution in [0.2, 0.25) is 0 Å². The van der Waals surface area contributed by atoms with Gasteiger partial charge in [0.25, 0.3) is 0 Å². The van der Waals surface area contributed by atoms with Crippen LogP contribution in [0.1, 0.15) is 29.7 Å². The number of esters is 1. The fraction of sp³-hybridized carbons (Fsp3) is 0.143. The topological polar surface area (TPSA) is 64.6 Å². The normalized spacial score (nSPS) is 11.6. The first kappa shape index (κ1) is 22.1. The van der Waals surface area contributed by atoms with E-state index in [0.717, 1.165) is 27.5 Å². The van der Waals surface area contributed by atoms with Gasteiger partial charge >= 0.3 is 5.97 Å².